The zero-order valence-electron chi connectivity index (χ0n) is 17.0. The van der Waals surface area contributed by atoms with Gasteiger partial charge in [-0.2, -0.15) is 5.10 Å². The van der Waals surface area contributed by atoms with Gasteiger partial charge < -0.3 is 4.74 Å². The number of aromatic nitrogens is 6. The number of ether oxygens (including phenoxy) is 1. The predicted octanol–water partition coefficient (Wildman–Crippen LogP) is 3.43. The first-order valence-electron chi connectivity index (χ1n) is 9.66. The molecule has 0 bridgehead atoms. The van der Waals surface area contributed by atoms with Crippen LogP contribution in [0.1, 0.15) is 35.8 Å². The molecule has 0 spiro atoms. The van der Waals surface area contributed by atoms with Crippen LogP contribution in [-0.2, 0) is 18.8 Å². The van der Waals surface area contributed by atoms with Gasteiger partial charge in [0.05, 0.1) is 12.3 Å². The van der Waals surface area contributed by atoms with Crippen molar-refractivity contribution in [2.45, 2.75) is 25.6 Å². The van der Waals surface area contributed by atoms with Gasteiger partial charge in [0.2, 0.25) is 0 Å². The maximum atomic E-state index is 14.8. The number of aryl methyl sites for hydroxylation is 2. The van der Waals surface area contributed by atoms with Gasteiger partial charge in [0.1, 0.15) is 29.0 Å². The standard InChI is InChI=1S/C21H18ClFN6O2/c1-10-25-18-17(13-5-4-12(22)6-14(13)23)26-20(27-19(18)21(30)29(10)3)16-7-15(31-16)11-8-24-28(2)9-11/h4-6,8-9,15-16H,7H2,1-3H3/t15-,16+/m1/s1. The van der Waals surface area contributed by atoms with Crippen molar-refractivity contribution in [3.63, 3.8) is 0 Å². The number of rotatable bonds is 3. The van der Waals surface area contributed by atoms with Gasteiger partial charge >= 0.3 is 0 Å². The van der Waals surface area contributed by atoms with Crippen molar-refractivity contribution in [2.24, 2.45) is 14.1 Å². The Morgan fingerprint density at radius 3 is 2.61 bits per heavy atom. The van der Waals surface area contributed by atoms with Gasteiger partial charge in [-0.1, -0.05) is 11.6 Å². The molecule has 0 saturated carbocycles. The van der Waals surface area contributed by atoms with Crippen molar-refractivity contribution >= 4 is 22.6 Å². The topological polar surface area (TPSA) is 87.7 Å². The number of fused-ring (bicyclic) bond motifs is 1. The molecule has 31 heavy (non-hydrogen) atoms. The molecule has 1 aromatic carbocycles. The molecule has 1 fully saturated rings. The van der Waals surface area contributed by atoms with Crippen LogP contribution in [0.25, 0.3) is 22.3 Å². The molecule has 0 radical (unpaired) electrons. The van der Waals surface area contributed by atoms with E-state index in [9.17, 15) is 9.18 Å². The highest BCUT2D eigenvalue weighted by Gasteiger charge is 2.36. The largest absolute Gasteiger partial charge is 0.362 e. The molecule has 0 N–H and O–H groups in total. The molecule has 158 valence electrons. The van der Waals surface area contributed by atoms with Gasteiger partial charge in [-0.25, -0.2) is 19.3 Å². The van der Waals surface area contributed by atoms with Gasteiger partial charge in [-0.3, -0.25) is 14.0 Å². The second-order valence-electron chi connectivity index (χ2n) is 7.57. The zero-order chi connectivity index (χ0) is 21.9. The molecule has 4 heterocycles. The highest BCUT2D eigenvalue weighted by atomic mass is 35.5. The first kappa shape index (κ1) is 19.8. The Balaban J connectivity index is 1.64. The van der Waals surface area contributed by atoms with Crippen molar-refractivity contribution in [2.75, 3.05) is 0 Å². The molecule has 0 aliphatic carbocycles. The molecule has 1 aliphatic rings. The Morgan fingerprint density at radius 1 is 1.16 bits per heavy atom. The van der Waals surface area contributed by atoms with Crippen molar-refractivity contribution < 1.29 is 9.13 Å². The molecule has 4 aromatic rings. The van der Waals surface area contributed by atoms with Crippen LogP contribution in [-0.4, -0.2) is 29.3 Å². The summed E-state index contributed by atoms with van der Waals surface area (Å²) in [6, 6.07) is 4.30. The summed E-state index contributed by atoms with van der Waals surface area (Å²) in [7, 11) is 3.45. The van der Waals surface area contributed by atoms with E-state index >= 15 is 0 Å². The summed E-state index contributed by atoms with van der Waals surface area (Å²) >= 11 is 5.91. The van der Waals surface area contributed by atoms with E-state index in [1.54, 1.807) is 30.9 Å². The molecule has 5 rings (SSSR count). The quantitative estimate of drug-likeness (QED) is 0.485. The highest BCUT2D eigenvalue weighted by Crippen LogP contribution is 2.44. The average Bonchev–Trinajstić information content (AvgIpc) is 3.11. The van der Waals surface area contributed by atoms with Crippen LogP contribution in [0, 0.1) is 12.7 Å². The third kappa shape index (κ3) is 3.30. The smallest absolute Gasteiger partial charge is 0.279 e. The summed E-state index contributed by atoms with van der Waals surface area (Å²) < 4.78 is 23.9. The van der Waals surface area contributed by atoms with Crippen LogP contribution in [0.5, 0.6) is 0 Å². The van der Waals surface area contributed by atoms with Crippen LogP contribution in [0.3, 0.4) is 0 Å². The molecule has 0 unspecified atom stereocenters. The normalized spacial score (nSPS) is 18.4. The molecule has 0 amide bonds. The number of hydrogen-bond acceptors (Lipinski definition) is 6. The summed E-state index contributed by atoms with van der Waals surface area (Å²) in [6.07, 6.45) is 3.71. The Kier molecular flexibility index (Phi) is 4.60. The van der Waals surface area contributed by atoms with E-state index < -0.39 is 11.9 Å². The van der Waals surface area contributed by atoms with Crippen LogP contribution < -0.4 is 5.56 Å². The lowest BCUT2D eigenvalue weighted by Gasteiger charge is -2.34. The first-order valence-corrected chi connectivity index (χ1v) is 10.0. The Bertz CT molecular complexity index is 1390. The minimum Gasteiger partial charge on any atom is -0.362 e. The lowest BCUT2D eigenvalue weighted by molar-refractivity contribution is -0.134. The number of benzene rings is 1. The van der Waals surface area contributed by atoms with Gasteiger partial charge in [0, 0.05) is 42.9 Å². The highest BCUT2D eigenvalue weighted by molar-refractivity contribution is 6.30. The van der Waals surface area contributed by atoms with Crippen LogP contribution in [0.15, 0.2) is 35.4 Å². The monoisotopic (exact) mass is 440 g/mol. The minimum atomic E-state index is -0.554. The Morgan fingerprint density at radius 2 is 1.94 bits per heavy atom. The third-order valence-corrected chi connectivity index (χ3v) is 5.73. The van der Waals surface area contributed by atoms with E-state index in [1.807, 2.05) is 13.2 Å². The second-order valence-corrected chi connectivity index (χ2v) is 8.01. The van der Waals surface area contributed by atoms with E-state index in [0.717, 1.165) is 5.56 Å². The molecular formula is C21H18ClFN6O2. The summed E-state index contributed by atoms with van der Waals surface area (Å²) in [4.78, 5) is 26.4. The van der Waals surface area contributed by atoms with Gasteiger partial charge in [-0.05, 0) is 25.1 Å². The van der Waals surface area contributed by atoms with E-state index in [4.69, 9.17) is 16.3 Å². The van der Waals surface area contributed by atoms with E-state index in [1.165, 1.54) is 16.7 Å². The lowest BCUT2D eigenvalue weighted by atomic mass is 9.99. The number of nitrogens with zero attached hydrogens (tertiary/aromatic N) is 6. The van der Waals surface area contributed by atoms with Crippen LogP contribution in [0.4, 0.5) is 4.39 Å². The van der Waals surface area contributed by atoms with Gasteiger partial charge in [0.25, 0.3) is 5.56 Å². The second kappa shape index (κ2) is 7.21. The molecule has 8 nitrogen and oxygen atoms in total. The SMILES string of the molecule is Cc1nc2c(-c3ccc(Cl)cc3F)nc([C@@H]3C[C@H](c4cnn(C)c4)O3)nc2c(=O)n1C. The van der Waals surface area contributed by atoms with Crippen LogP contribution in [0.2, 0.25) is 5.02 Å². The number of hydrogen-bond donors (Lipinski definition) is 0. The van der Waals surface area contributed by atoms with Crippen molar-refractivity contribution in [3.8, 4) is 11.3 Å². The summed E-state index contributed by atoms with van der Waals surface area (Å²) in [6.45, 7) is 1.70. The lowest BCUT2D eigenvalue weighted by Crippen LogP contribution is -2.27. The van der Waals surface area contributed by atoms with Crippen LogP contribution >= 0.6 is 11.6 Å². The molecule has 3 aromatic heterocycles. The molecule has 1 saturated heterocycles. The average molecular weight is 441 g/mol. The fourth-order valence-corrected chi connectivity index (χ4v) is 3.81. The molecular weight excluding hydrogens is 423 g/mol. The fraction of sp³-hybridized carbons (Fsp3) is 0.286. The predicted molar refractivity (Wildman–Crippen MR) is 112 cm³/mol. The van der Waals surface area contributed by atoms with E-state index in [2.05, 4.69) is 20.1 Å². The first-order chi connectivity index (χ1) is 14.8. The third-order valence-electron chi connectivity index (χ3n) is 5.50. The maximum Gasteiger partial charge on any atom is 0.279 e. The van der Waals surface area contributed by atoms with Gasteiger partial charge in [0.15, 0.2) is 11.3 Å². The van der Waals surface area contributed by atoms with Gasteiger partial charge in [-0.15, -0.1) is 0 Å². The number of halogens is 2. The molecule has 1 aliphatic heterocycles. The van der Waals surface area contributed by atoms with E-state index in [-0.39, 0.29) is 39.0 Å². The fourth-order valence-electron chi connectivity index (χ4n) is 3.65. The van der Waals surface area contributed by atoms with Crippen molar-refractivity contribution in [3.05, 3.63) is 69.0 Å². The maximum absolute atomic E-state index is 14.8. The minimum absolute atomic E-state index is 0.121. The Hall–Kier alpha value is -3.17. The summed E-state index contributed by atoms with van der Waals surface area (Å²) in [5, 5.41) is 4.42. The Labute approximate surface area is 181 Å². The molecule has 2 atom stereocenters. The van der Waals surface area contributed by atoms with E-state index in [0.29, 0.717) is 18.1 Å². The van der Waals surface area contributed by atoms with Crippen molar-refractivity contribution in [1.29, 1.82) is 0 Å². The summed E-state index contributed by atoms with van der Waals surface area (Å²) in [5.41, 5.74) is 1.43. The van der Waals surface area contributed by atoms with Crippen molar-refractivity contribution in [1.82, 2.24) is 29.3 Å². The molecule has 10 heteroatoms. The summed E-state index contributed by atoms with van der Waals surface area (Å²) in [5.74, 6) is 0.238. The zero-order valence-corrected chi connectivity index (χ0v) is 17.8.